The summed E-state index contributed by atoms with van der Waals surface area (Å²) in [6, 6.07) is 1.11. The van der Waals surface area contributed by atoms with Crippen molar-refractivity contribution < 1.29 is 32.2 Å². The predicted octanol–water partition coefficient (Wildman–Crippen LogP) is 4.84. The number of anilines is 3. The van der Waals surface area contributed by atoms with E-state index in [9.17, 15) is 18.0 Å². The molecule has 1 aliphatic heterocycles. The zero-order chi connectivity index (χ0) is 25.9. The molecule has 37 heavy (non-hydrogen) atoms. The zero-order valence-electron chi connectivity index (χ0n) is 20.2. The molecule has 2 N–H and O–H groups in total. The first kappa shape index (κ1) is 25.1. The van der Waals surface area contributed by atoms with E-state index in [0.29, 0.717) is 61.7 Å². The number of carbonyl (C=O) groups excluding carboxylic acids is 1. The van der Waals surface area contributed by atoms with Crippen LogP contribution in [0.25, 0.3) is 11.2 Å². The predicted molar refractivity (Wildman–Crippen MR) is 127 cm³/mol. The maximum absolute atomic E-state index is 14.3. The molecule has 1 aliphatic carbocycles. The Labute approximate surface area is 210 Å². The van der Waals surface area contributed by atoms with Gasteiger partial charge in [-0.05, 0) is 39.0 Å². The Bertz CT molecular complexity index is 1250. The summed E-state index contributed by atoms with van der Waals surface area (Å²) in [6.07, 6.45) is 4.21. The lowest BCUT2D eigenvalue weighted by Gasteiger charge is -2.28. The highest BCUT2D eigenvalue weighted by molar-refractivity contribution is 5.76. The minimum Gasteiger partial charge on any atom is -0.435 e. The van der Waals surface area contributed by atoms with Crippen molar-refractivity contribution in [3.63, 3.8) is 0 Å². The molecule has 0 spiro atoms. The summed E-state index contributed by atoms with van der Waals surface area (Å²) in [6.45, 7) is 2.90. The third kappa shape index (κ3) is 5.55. The Morgan fingerprint density at radius 2 is 1.89 bits per heavy atom. The van der Waals surface area contributed by atoms with Gasteiger partial charge in [-0.2, -0.15) is 4.98 Å². The number of nitrogens with zero attached hydrogens (tertiary/aromatic N) is 4. The fourth-order valence-corrected chi connectivity index (χ4v) is 4.69. The molecular formula is C24H27F3N6O4. The molecule has 1 atom stereocenters. The van der Waals surface area contributed by atoms with Gasteiger partial charge in [-0.25, -0.2) is 27.9 Å². The fraction of sp³-hybridized carbons (Fsp3) is 0.500. The maximum atomic E-state index is 14.3. The summed E-state index contributed by atoms with van der Waals surface area (Å²) >= 11 is 0. The molecule has 1 saturated carbocycles. The van der Waals surface area contributed by atoms with Crippen molar-refractivity contribution in [2.75, 3.05) is 30.5 Å². The van der Waals surface area contributed by atoms with E-state index in [1.54, 1.807) is 11.5 Å². The molecule has 3 aromatic rings. The third-order valence-electron chi connectivity index (χ3n) is 6.48. The lowest BCUT2D eigenvalue weighted by Crippen LogP contribution is -2.31. The number of rotatable bonds is 7. The highest BCUT2D eigenvalue weighted by Gasteiger charge is 2.28. The molecule has 5 rings (SSSR count). The number of fused-ring (bicyclic) bond motifs is 1. The zero-order valence-corrected chi connectivity index (χ0v) is 20.2. The van der Waals surface area contributed by atoms with Crippen LogP contribution in [0.4, 0.5) is 35.5 Å². The van der Waals surface area contributed by atoms with E-state index in [2.05, 4.69) is 25.6 Å². The molecule has 0 unspecified atom stereocenters. The average molecular weight is 521 g/mol. The Morgan fingerprint density at radius 1 is 1.14 bits per heavy atom. The summed E-state index contributed by atoms with van der Waals surface area (Å²) in [5.74, 6) is -2.63. The number of ether oxygens (including phenoxy) is 3. The second kappa shape index (κ2) is 10.8. The van der Waals surface area contributed by atoms with Crippen LogP contribution in [0.1, 0.15) is 45.1 Å². The van der Waals surface area contributed by atoms with E-state index in [-0.39, 0.29) is 30.7 Å². The standard InChI is InChI=1S/C24H27F3N6O4/c1-2-36-24(34)37-16-5-3-14(4-6-16)29-22-28-11-19-21(32-22)33(15-7-8-35-12-15)23(30-19)31-20-17(26)9-13(25)10-18(20)27/h9-11,14-16H,2-8,12H2,1H3,(H,30,31)(H,28,29,32)/t14?,15-,16?/m0/s1. The minimum absolute atomic E-state index is 0.0747. The molecule has 3 heterocycles. The van der Waals surface area contributed by atoms with Gasteiger partial charge in [0.25, 0.3) is 0 Å². The van der Waals surface area contributed by atoms with Crippen molar-refractivity contribution in [1.82, 2.24) is 19.5 Å². The second-order valence-corrected chi connectivity index (χ2v) is 9.01. The normalized spacial score (nSPS) is 21.7. The SMILES string of the molecule is CCOC(=O)OC1CCC(Nc2ncc3nc(Nc4c(F)cc(F)cc4F)n([C@H]4CCOC4)c3n2)CC1. The Kier molecular flexibility index (Phi) is 7.31. The van der Waals surface area contributed by atoms with Crippen LogP contribution in [0, 0.1) is 17.5 Å². The van der Waals surface area contributed by atoms with Gasteiger partial charge >= 0.3 is 6.16 Å². The lowest BCUT2D eigenvalue weighted by molar-refractivity contribution is 0.0127. The van der Waals surface area contributed by atoms with Gasteiger partial charge in [0, 0.05) is 24.8 Å². The van der Waals surface area contributed by atoms with E-state index in [1.807, 2.05) is 0 Å². The summed E-state index contributed by atoms with van der Waals surface area (Å²) in [5.41, 5.74) is 0.386. The van der Waals surface area contributed by atoms with Crippen LogP contribution in [0.5, 0.6) is 0 Å². The number of carbonyl (C=O) groups is 1. The average Bonchev–Trinajstić information content (AvgIpc) is 3.50. The highest BCUT2D eigenvalue weighted by atomic mass is 19.1. The molecule has 2 aromatic heterocycles. The van der Waals surface area contributed by atoms with Crippen LogP contribution in [0.15, 0.2) is 18.3 Å². The van der Waals surface area contributed by atoms with E-state index in [4.69, 9.17) is 14.2 Å². The summed E-state index contributed by atoms with van der Waals surface area (Å²) < 4.78 is 59.5. The van der Waals surface area contributed by atoms with Crippen LogP contribution in [-0.2, 0) is 14.2 Å². The van der Waals surface area contributed by atoms with Crippen LogP contribution in [0.2, 0.25) is 0 Å². The lowest BCUT2D eigenvalue weighted by atomic mass is 9.93. The van der Waals surface area contributed by atoms with Gasteiger partial charge in [0.05, 0.1) is 25.5 Å². The smallest absolute Gasteiger partial charge is 0.435 e. The van der Waals surface area contributed by atoms with Crippen molar-refractivity contribution in [2.24, 2.45) is 0 Å². The van der Waals surface area contributed by atoms with Crippen LogP contribution in [-0.4, -0.2) is 57.6 Å². The Hall–Kier alpha value is -3.61. The summed E-state index contributed by atoms with van der Waals surface area (Å²) in [7, 11) is 0. The Morgan fingerprint density at radius 3 is 2.57 bits per heavy atom. The monoisotopic (exact) mass is 520 g/mol. The number of imidazole rings is 1. The molecule has 0 radical (unpaired) electrons. The number of hydrogen-bond donors (Lipinski definition) is 2. The van der Waals surface area contributed by atoms with Crippen LogP contribution in [0.3, 0.4) is 0 Å². The van der Waals surface area contributed by atoms with E-state index < -0.39 is 29.3 Å². The van der Waals surface area contributed by atoms with E-state index >= 15 is 0 Å². The maximum Gasteiger partial charge on any atom is 0.508 e. The van der Waals surface area contributed by atoms with Crippen molar-refractivity contribution in [3.05, 3.63) is 35.8 Å². The van der Waals surface area contributed by atoms with Gasteiger partial charge in [0.1, 0.15) is 23.1 Å². The number of aromatic nitrogens is 4. The summed E-state index contributed by atoms with van der Waals surface area (Å²) in [5, 5.41) is 6.00. The number of halogens is 3. The topological polar surface area (TPSA) is 112 Å². The van der Waals surface area contributed by atoms with Gasteiger partial charge in [0.15, 0.2) is 17.3 Å². The third-order valence-corrected chi connectivity index (χ3v) is 6.48. The number of hydrogen-bond acceptors (Lipinski definition) is 9. The van der Waals surface area contributed by atoms with Gasteiger partial charge in [0.2, 0.25) is 11.9 Å². The van der Waals surface area contributed by atoms with Crippen LogP contribution >= 0.6 is 0 Å². The van der Waals surface area contributed by atoms with Gasteiger partial charge in [-0.1, -0.05) is 0 Å². The molecule has 0 amide bonds. The molecule has 2 aliphatic rings. The minimum atomic E-state index is -1.07. The first-order valence-corrected chi connectivity index (χ1v) is 12.3. The molecule has 1 aromatic carbocycles. The van der Waals surface area contributed by atoms with Crippen molar-refractivity contribution in [3.8, 4) is 0 Å². The van der Waals surface area contributed by atoms with Gasteiger partial charge < -0.3 is 24.8 Å². The number of nitrogens with one attached hydrogen (secondary N) is 2. The van der Waals surface area contributed by atoms with E-state index in [1.165, 1.54) is 6.20 Å². The van der Waals surface area contributed by atoms with Crippen molar-refractivity contribution in [2.45, 2.75) is 57.2 Å². The fourth-order valence-electron chi connectivity index (χ4n) is 4.69. The first-order chi connectivity index (χ1) is 17.9. The molecule has 2 fully saturated rings. The first-order valence-electron chi connectivity index (χ1n) is 12.3. The van der Waals surface area contributed by atoms with Gasteiger partial charge in [-0.3, -0.25) is 4.57 Å². The van der Waals surface area contributed by atoms with Crippen molar-refractivity contribution >= 4 is 34.9 Å². The van der Waals surface area contributed by atoms with E-state index in [0.717, 1.165) is 12.8 Å². The molecule has 1 saturated heterocycles. The largest absolute Gasteiger partial charge is 0.508 e. The summed E-state index contributed by atoms with van der Waals surface area (Å²) in [4.78, 5) is 25.0. The molecule has 10 nitrogen and oxygen atoms in total. The Balaban J connectivity index is 1.36. The molecule has 198 valence electrons. The van der Waals surface area contributed by atoms with Crippen LogP contribution < -0.4 is 10.6 Å². The molecule has 13 heteroatoms. The quantitative estimate of drug-likeness (QED) is 0.423. The molecule has 0 bridgehead atoms. The van der Waals surface area contributed by atoms with Gasteiger partial charge in [-0.15, -0.1) is 0 Å². The van der Waals surface area contributed by atoms with Crippen molar-refractivity contribution in [1.29, 1.82) is 0 Å². The number of benzene rings is 1. The second-order valence-electron chi connectivity index (χ2n) is 9.01. The molecular weight excluding hydrogens is 493 g/mol. The highest BCUT2D eigenvalue weighted by Crippen LogP contribution is 2.32.